The minimum Gasteiger partial charge on any atom is -0.479 e. The Balaban J connectivity index is 2.90. The fourth-order valence-corrected chi connectivity index (χ4v) is 1.74. The molecule has 4 heteroatoms. The van der Waals surface area contributed by atoms with Crippen LogP contribution in [0.25, 0.3) is 0 Å². The van der Waals surface area contributed by atoms with Gasteiger partial charge in [-0.2, -0.15) is 0 Å². The number of carboxylic acid groups (broad SMARTS) is 1. The Kier molecular flexibility index (Phi) is 4.82. The molecular weight excluding hydrogens is 240 g/mol. The lowest BCUT2D eigenvalue weighted by Crippen LogP contribution is -2.26. The number of hydrogen-bond donors (Lipinski definition) is 1. The lowest BCUT2D eigenvalue weighted by molar-refractivity contribution is -0.145. The van der Waals surface area contributed by atoms with Gasteiger partial charge in [0.2, 0.25) is 0 Å². The minimum atomic E-state index is -0.933. The van der Waals surface area contributed by atoms with E-state index in [4.69, 9.17) is 21.4 Å². The molecule has 0 saturated carbocycles. The molecule has 94 valence electrons. The van der Waals surface area contributed by atoms with Crippen LogP contribution in [0.15, 0.2) is 12.1 Å². The largest absolute Gasteiger partial charge is 0.479 e. The highest BCUT2D eigenvalue weighted by Gasteiger charge is 2.18. The third-order valence-corrected chi connectivity index (χ3v) is 3.11. The molecule has 1 N–H and O–H groups in total. The fourth-order valence-electron chi connectivity index (χ4n) is 1.63. The van der Waals surface area contributed by atoms with Gasteiger partial charge in [0.1, 0.15) is 5.75 Å². The zero-order chi connectivity index (χ0) is 13.0. The smallest absolute Gasteiger partial charge is 0.344 e. The third-order valence-electron chi connectivity index (χ3n) is 2.51. The van der Waals surface area contributed by atoms with Gasteiger partial charge in [-0.05, 0) is 43.5 Å². The predicted molar refractivity (Wildman–Crippen MR) is 67.9 cm³/mol. The van der Waals surface area contributed by atoms with E-state index in [0.29, 0.717) is 17.2 Å². The maximum Gasteiger partial charge on any atom is 0.344 e. The van der Waals surface area contributed by atoms with E-state index in [2.05, 4.69) is 0 Å². The number of carbonyl (C=O) groups is 1. The highest BCUT2D eigenvalue weighted by atomic mass is 35.5. The number of ether oxygens (including phenoxy) is 1. The molecule has 0 bridgehead atoms. The number of aryl methyl sites for hydroxylation is 2. The summed E-state index contributed by atoms with van der Waals surface area (Å²) in [6.07, 6.45) is 0.471. The van der Waals surface area contributed by atoms with Gasteiger partial charge in [-0.1, -0.05) is 24.9 Å². The highest BCUT2D eigenvalue weighted by Crippen LogP contribution is 2.26. The number of halogens is 1. The van der Waals surface area contributed by atoms with Crippen LogP contribution in [0, 0.1) is 13.8 Å². The first kappa shape index (κ1) is 13.8. The Bertz CT molecular complexity index is 392. The first-order valence-electron chi connectivity index (χ1n) is 5.62. The quantitative estimate of drug-likeness (QED) is 0.876. The van der Waals surface area contributed by atoms with Crippen molar-refractivity contribution in [2.24, 2.45) is 0 Å². The van der Waals surface area contributed by atoms with Crippen LogP contribution in [0.4, 0.5) is 0 Å². The number of rotatable bonds is 5. The molecule has 0 saturated heterocycles. The van der Waals surface area contributed by atoms with Crippen molar-refractivity contribution in [3.63, 3.8) is 0 Å². The normalized spacial score (nSPS) is 12.2. The summed E-state index contributed by atoms with van der Waals surface area (Å²) in [5, 5.41) is 9.70. The van der Waals surface area contributed by atoms with Crippen LogP contribution < -0.4 is 4.74 Å². The summed E-state index contributed by atoms with van der Waals surface area (Å²) in [5.41, 5.74) is 1.78. The Morgan fingerprint density at radius 3 is 2.35 bits per heavy atom. The first-order chi connectivity index (χ1) is 7.95. The first-order valence-corrected chi connectivity index (χ1v) is 5.99. The number of benzene rings is 1. The Morgan fingerprint density at radius 2 is 1.94 bits per heavy atom. The van der Waals surface area contributed by atoms with Gasteiger partial charge < -0.3 is 9.84 Å². The van der Waals surface area contributed by atoms with E-state index in [1.165, 1.54) is 0 Å². The average molecular weight is 257 g/mol. The molecule has 0 aliphatic carbocycles. The van der Waals surface area contributed by atoms with Gasteiger partial charge in [-0.25, -0.2) is 4.79 Å². The molecule has 0 amide bonds. The maximum absolute atomic E-state index is 11.0. The molecule has 0 fully saturated rings. The lowest BCUT2D eigenvalue weighted by atomic mass is 10.1. The second-order valence-electron chi connectivity index (χ2n) is 4.10. The van der Waals surface area contributed by atoms with E-state index in [-0.39, 0.29) is 0 Å². The molecule has 1 rings (SSSR count). The number of hydrogen-bond acceptors (Lipinski definition) is 2. The monoisotopic (exact) mass is 256 g/mol. The lowest BCUT2D eigenvalue weighted by Gasteiger charge is -2.15. The Hall–Kier alpha value is -1.22. The van der Waals surface area contributed by atoms with Gasteiger partial charge in [-0.15, -0.1) is 0 Å². The minimum absolute atomic E-state index is 0.496. The molecular formula is C13H17ClO3. The molecule has 0 spiro atoms. The van der Waals surface area contributed by atoms with Gasteiger partial charge in [-0.3, -0.25) is 0 Å². The highest BCUT2D eigenvalue weighted by molar-refractivity contribution is 6.32. The van der Waals surface area contributed by atoms with Gasteiger partial charge in [0.05, 0.1) is 0 Å². The molecule has 1 atom stereocenters. The zero-order valence-electron chi connectivity index (χ0n) is 10.3. The van der Waals surface area contributed by atoms with Crippen molar-refractivity contribution < 1.29 is 14.6 Å². The Morgan fingerprint density at radius 1 is 1.41 bits per heavy atom. The maximum atomic E-state index is 11.0. The van der Waals surface area contributed by atoms with Crippen molar-refractivity contribution >= 4 is 17.6 Å². The Labute approximate surface area is 106 Å². The van der Waals surface area contributed by atoms with E-state index in [9.17, 15) is 4.79 Å². The van der Waals surface area contributed by atoms with Crippen LogP contribution in [-0.2, 0) is 4.79 Å². The molecule has 0 aliphatic rings. The molecule has 3 nitrogen and oxygen atoms in total. The molecule has 1 aromatic rings. The van der Waals surface area contributed by atoms with Gasteiger partial charge in [0.15, 0.2) is 6.10 Å². The van der Waals surface area contributed by atoms with Crippen LogP contribution >= 0.6 is 11.6 Å². The van der Waals surface area contributed by atoms with Crippen molar-refractivity contribution in [3.05, 3.63) is 28.3 Å². The van der Waals surface area contributed by atoms with Crippen molar-refractivity contribution in [3.8, 4) is 5.75 Å². The van der Waals surface area contributed by atoms with E-state index in [0.717, 1.165) is 17.5 Å². The number of aliphatic carboxylic acids is 1. The van der Waals surface area contributed by atoms with Gasteiger partial charge in [0, 0.05) is 5.02 Å². The van der Waals surface area contributed by atoms with Crippen molar-refractivity contribution in [2.45, 2.75) is 39.7 Å². The second kappa shape index (κ2) is 5.92. The van der Waals surface area contributed by atoms with Crippen molar-refractivity contribution in [1.29, 1.82) is 0 Å². The summed E-state index contributed by atoms with van der Waals surface area (Å²) in [7, 11) is 0. The van der Waals surface area contributed by atoms with Crippen molar-refractivity contribution in [1.82, 2.24) is 0 Å². The SMILES string of the molecule is CCCC(Oc1cc(C)c(Cl)c(C)c1)C(=O)O. The van der Waals surface area contributed by atoms with Crippen molar-refractivity contribution in [2.75, 3.05) is 0 Å². The number of carboxylic acids is 1. The molecule has 1 unspecified atom stereocenters. The molecule has 0 radical (unpaired) electrons. The van der Waals surface area contributed by atoms with Crippen LogP contribution in [0.3, 0.4) is 0 Å². The molecule has 0 aromatic heterocycles. The molecule has 1 aromatic carbocycles. The predicted octanol–water partition coefficient (Wildman–Crippen LogP) is 3.59. The standard InChI is InChI=1S/C13H17ClO3/c1-4-5-11(13(15)16)17-10-6-8(2)12(14)9(3)7-10/h6-7,11H,4-5H2,1-3H3,(H,15,16). The summed E-state index contributed by atoms with van der Waals surface area (Å²) in [4.78, 5) is 11.0. The van der Waals surface area contributed by atoms with E-state index < -0.39 is 12.1 Å². The second-order valence-corrected chi connectivity index (χ2v) is 4.48. The average Bonchev–Trinajstić information content (AvgIpc) is 2.25. The summed E-state index contributed by atoms with van der Waals surface area (Å²) in [6.45, 7) is 5.67. The van der Waals surface area contributed by atoms with E-state index in [1.807, 2.05) is 20.8 Å². The van der Waals surface area contributed by atoms with E-state index >= 15 is 0 Å². The summed E-state index contributed by atoms with van der Waals surface area (Å²) in [5.74, 6) is -0.373. The third kappa shape index (κ3) is 3.63. The summed E-state index contributed by atoms with van der Waals surface area (Å²) in [6, 6.07) is 3.53. The van der Waals surface area contributed by atoms with Crippen LogP contribution in [0.2, 0.25) is 5.02 Å². The van der Waals surface area contributed by atoms with Crippen LogP contribution in [0.1, 0.15) is 30.9 Å². The van der Waals surface area contributed by atoms with Gasteiger partial charge in [0.25, 0.3) is 0 Å². The van der Waals surface area contributed by atoms with Gasteiger partial charge >= 0.3 is 5.97 Å². The van der Waals surface area contributed by atoms with Crippen LogP contribution in [-0.4, -0.2) is 17.2 Å². The van der Waals surface area contributed by atoms with Crippen LogP contribution in [0.5, 0.6) is 5.75 Å². The molecule has 17 heavy (non-hydrogen) atoms. The van der Waals surface area contributed by atoms with E-state index in [1.54, 1.807) is 12.1 Å². The summed E-state index contributed by atoms with van der Waals surface area (Å²) >= 11 is 6.04. The summed E-state index contributed by atoms with van der Waals surface area (Å²) < 4.78 is 5.47. The molecule has 0 heterocycles. The zero-order valence-corrected chi connectivity index (χ0v) is 11.0. The fraction of sp³-hybridized carbons (Fsp3) is 0.462. The molecule has 0 aliphatic heterocycles. The topological polar surface area (TPSA) is 46.5 Å².